The van der Waals surface area contributed by atoms with Gasteiger partial charge >= 0.3 is 0 Å². The maximum absolute atomic E-state index is 11.9. The van der Waals surface area contributed by atoms with Gasteiger partial charge < -0.3 is 5.43 Å². The fraction of sp³-hybridized carbons (Fsp3) is 0.357. The van der Waals surface area contributed by atoms with Crippen molar-refractivity contribution in [1.82, 2.24) is 10.9 Å². The van der Waals surface area contributed by atoms with Crippen LogP contribution >= 0.6 is 0 Å². The Morgan fingerprint density at radius 3 is 2.90 bits per heavy atom. The summed E-state index contributed by atoms with van der Waals surface area (Å²) >= 11 is 0. The lowest BCUT2D eigenvalue weighted by molar-refractivity contribution is -0.384. The number of carbonyl (C=O) groups excluding carboxylic acids is 1. The van der Waals surface area contributed by atoms with E-state index in [1.165, 1.54) is 18.2 Å². The Bertz CT molecular complexity index is 554. The molecule has 0 radical (unpaired) electrons. The Hall–Kier alpha value is -2.37. The Labute approximate surface area is 117 Å². The summed E-state index contributed by atoms with van der Waals surface area (Å²) in [5.74, 6) is 0.293. The summed E-state index contributed by atoms with van der Waals surface area (Å²) in [4.78, 5) is 22.0. The van der Waals surface area contributed by atoms with E-state index in [-0.39, 0.29) is 17.2 Å². The smallest absolute Gasteiger partial charge is 0.270 e. The molecule has 1 atom stereocenters. The molecule has 6 nitrogen and oxygen atoms in total. The number of hydrogen-bond donors (Lipinski definition) is 2. The molecular weight excluding hydrogens is 258 g/mol. The standard InChI is InChI=1S/C14H17N3O3/c1-10-5-7-12(8-6-10)15-16-14(18)11-3-2-4-13(9-11)17(19)20/h2-4,7,9-10,15H,5-6,8H2,1H3,(H,16,18). The third kappa shape index (κ3) is 3.57. The molecule has 106 valence electrons. The number of nitrogens with one attached hydrogen (secondary N) is 2. The van der Waals surface area contributed by atoms with E-state index in [9.17, 15) is 14.9 Å². The molecule has 0 saturated heterocycles. The van der Waals surface area contributed by atoms with E-state index >= 15 is 0 Å². The van der Waals surface area contributed by atoms with Crippen LogP contribution in [-0.4, -0.2) is 10.8 Å². The van der Waals surface area contributed by atoms with Crippen molar-refractivity contribution < 1.29 is 9.72 Å². The van der Waals surface area contributed by atoms with Crippen LogP contribution in [0, 0.1) is 16.0 Å². The zero-order valence-electron chi connectivity index (χ0n) is 11.3. The first kappa shape index (κ1) is 14.0. The number of hydrogen-bond acceptors (Lipinski definition) is 4. The molecule has 0 aliphatic heterocycles. The number of rotatable bonds is 4. The lowest BCUT2D eigenvalue weighted by atomic mass is 9.95. The SMILES string of the molecule is CC1CC=C(NNC(=O)c2cccc([N+](=O)[O-])c2)CC1. The minimum Gasteiger partial charge on any atom is -0.303 e. The van der Waals surface area contributed by atoms with Crippen molar-refractivity contribution in [2.75, 3.05) is 0 Å². The van der Waals surface area contributed by atoms with Gasteiger partial charge in [0.05, 0.1) is 4.92 Å². The number of carbonyl (C=O) groups is 1. The maximum Gasteiger partial charge on any atom is 0.270 e. The van der Waals surface area contributed by atoms with Crippen LogP contribution in [0.2, 0.25) is 0 Å². The zero-order valence-corrected chi connectivity index (χ0v) is 11.3. The molecule has 1 aliphatic rings. The Morgan fingerprint density at radius 2 is 2.25 bits per heavy atom. The van der Waals surface area contributed by atoms with Crippen molar-refractivity contribution in [3.63, 3.8) is 0 Å². The molecule has 2 rings (SSSR count). The highest BCUT2D eigenvalue weighted by atomic mass is 16.6. The monoisotopic (exact) mass is 275 g/mol. The Morgan fingerprint density at radius 1 is 1.45 bits per heavy atom. The minimum absolute atomic E-state index is 0.0941. The van der Waals surface area contributed by atoms with Gasteiger partial charge in [0.1, 0.15) is 0 Å². The number of hydrazine groups is 1. The third-order valence-electron chi connectivity index (χ3n) is 3.33. The van der Waals surface area contributed by atoms with Crippen LogP contribution in [-0.2, 0) is 0 Å². The molecule has 0 spiro atoms. The summed E-state index contributed by atoms with van der Waals surface area (Å²) in [6.07, 6.45) is 5.05. The van der Waals surface area contributed by atoms with E-state index in [2.05, 4.69) is 23.9 Å². The minimum atomic E-state index is -0.519. The van der Waals surface area contributed by atoms with Crippen LogP contribution in [0.1, 0.15) is 36.5 Å². The number of non-ortho nitro benzene ring substituents is 1. The lowest BCUT2D eigenvalue weighted by Gasteiger charge is -2.19. The van der Waals surface area contributed by atoms with Crippen LogP contribution in [0.15, 0.2) is 36.0 Å². The second kappa shape index (κ2) is 6.18. The molecule has 1 aliphatic carbocycles. The van der Waals surface area contributed by atoms with Gasteiger partial charge in [-0.15, -0.1) is 0 Å². The van der Waals surface area contributed by atoms with Crippen molar-refractivity contribution >= 4 is 11.6 Å². The molecule has 1 aromatic rings. The summed E-state index contributed by atoms with van der Waals surface area (Å²) in [6, 6.07) is 5.65. The van der Waals surface area contributed by atoms with Crippen molar-refractivity contribution in [2.45, 2.75) is 26.2 Å². The van der Waals surface area contributed by atoms with Gasteiger partial charge in [0.2, 0.25) is 0 Å². The van der Waals surface area contributed by atoms with Gasteiger partial charge in [-0.2, -0.15) is 0 Å². The molecule has 0 fully saturated rings. The summed E-state index contributed by atoms with van der Waals surface area (Å²) < 4.78 is 0. The lowest BCUT2D eigenvalue weighted by Crippen LogP contribution is -2.37. The molecule has 1 aromatic carbocycles. The number of benzene rings is 1. The predicted octanol–water partition coefficient (Wildman–Crippen LogP) is 2.53. The van der Waals surface area contributed by atoms with E-state index in [0.717, 1.165) is 25.0 Å². The Balaban J connectivity index is 1.95. The largest absolute Gasteiger partial charge is 0.303 e. The fourth-order valence-electron chi connectivity index (χ4n) is 2.05. The molecule has 6 heteroatoms. The van der Waals surface area contributed by atoms with E-state index in [1.54, 1.807) is 6.07 Å². The quantitative estimate of drug-likeness (QED) is 0.653. The Kier molecular flexibility index (Phi) is 4.34. The van der Waals surface area contributed by atoms with Crippen molar-refractivity contribution in [2.24, 2.45) is 5.92 Å². The first-order chi connectivity index (χ1) is 9.56. The van der Waals surface area contributed by atoms with Crippen LogP contribution < -0.4 is 10.9 Å². The van der Waals surface area contributed by atoms with Gasteiger partial charge in [0.15, 0.2) is 0 Å². The number of nitro groups is 1. The van der Waals surface area contributed by atoms with E-state index in [4.69, 9.17) is 0 Å². The summed E-state index contributed by atoms with van der Waals surface area (Å²) in [5.41, 5.74) is 6.60. The van der Waals surface area contributed by atoms with Crippen LogP contribution in [0.3, 0.4) is 0 Å². The van der Waals surface area contributed by atoms with Crippen LogP contribution in [0.25, 0.3) is 0 Å². The van der Waals surface area contributed by atoms with Gasteiger partial charge in [0.25, 0.3) is 11.6 Å². The number of nitrogens with zero attached hydrogens (tertiary/aromatic N) is 1. The topological polar surface area (TPSA) is 84.3 Å². The van der Waals surface area contributed by atoms with Crippen molar-refractivity contribution in [3.8, 4) is 0 Å². The molecule has 20 heavy (non-hydrogen) atoms. The number of allylic oxidation sites excluding steroid dienone is 2. The second-order valence-corrected chi connectivity index (χ2v) is 5.00. The van der Waals surface area contributed by atoms with E-state index < -0.39 is 4.92 Å². The van der Waals surface area contributed by atoms with E-state index in [1.807, 2.05) is 0 Å². The molecule has 0 heterocycles. The highest BCUT2D eigenvalue weighted by Crippen LogP contribution is 2.20. The van der Waals surface area contributed by atoms with Crippen LogP contribution in [0.4, 0.5) is 5.69 Å². The van der Waals surface area contributed by atoms with Crippen LogP contribution in [0.5, 0.6) is 0 Å². The summed E-state index contributed by atoms with van der Waals surface area (Å²) in [7, 11) is 0. The van der Waals surface area contributed by atoms with E-state index in [0.29, 0.717) is 5.92 Å². The highest BCUT2D eigenvalue weighted by Gasteiger charge is 2.13. The average molecular weight is 275 g/mol. The van der Waals surface area contributed by atoms with Crippen molar-refractivity contribution in [3.05, 3.63) is 51.7 Å². The second-order valence-electron chi connectivity index (χ2n) is 5.00. The molecule has 2 N–H and O–H groups in total. The summed E-state index contributed by atoms with van der Waals surface area (Å²) in [5, 5.41) is 10.7. The first-order valence-corrected chi connectivity index (χ1v) is 6.56. The van der Waals surface area contributed by atoms with Gasteiger partial charge in [-0.3, -0.25) is 20.3 Å². The number of amides is 1. The summed E-state index contributed by atoms with van der Waals surface area (Å²) in [6.45, 7) is 2.19. The fourth-order valence-corrected chi connectivity index (χ4v) is 2.05. The molecule has 1 unspecified atom stereocenters. The molecule has 1 amide bonds. The molecule has 0 saturated carbocycles. The normalized spacial score (nSPS) is 18.1. The third-order valence-corrected chi connectivity index (χ3v) is 3.33. The molecular formula is C14H17N3O3. The maximum atomic E-state index is 11.9. The number of nitro benzene ring substituents is 1. The molecule has 0 bridgehead atoms. The first-order valence-electron chi connectivity index (χ1n) is 6.56. The van der Waals surface area contributed by atoms with Gasteiger partial charge in [-0.05, 0) is 31.2 Å². The average Bonchev–Trinajstić information content (AvgIpc) is 2.46. The van der Waals surface area contributed by atoms with Crippen molar-refractivity contribution in [1.29, 1.82) is 0 Å². The van der Waals surface area contributed by atoms with Gasteiger partial charge in [0, 0.05) is 23.4 Å². The predicted molar refractivity (Wildman–Crippen MR) is 74.8 cm³/mol. The van der Waals surface area contributed by atoms with Gasteiger partial charge in [-0.25, -0.2) is 0 Å². The van der Waals surface area contributed by atoms with Gasteiger partial charge in [-0.1, -0.05) is 19.1 Å². The zero-order chi connectivity index (χ0) is 14.5. The highest BCUT2D eigenvalue weighted by molar-refractivity contribution is 5.94. The molecule has 0 aromatic heterocycles.